The van der Waals surface area contributed by atoms with Gasteiger partial charge in [0.2, 0.25) is 0 Å². The number of carbonyl (C=O) groups excluding carboxylic acids is 1. The van der Waals surface area contributed by atoms with Crippen LogP contribution in [0.1, 0.15) is 219 Å². The molecule has 2 rings (SSSR count). The van der Waals surface area contributed by atoms with Crippen LogP contribution >= 0.6 is 0 Å². The molecule has 0 spiro atoms. The Hall–Kier alpha value is -0.990. The van der Waals surface area contributed by atoms with E-state index in [2.05, 4.69) is 6.92 Å². The number of aliphatic hydroxyl groups is 4. The van der Waals surface area contributed by atoms with Gasteiger partial charge < -0.3 is 29.9 Å². The monoisotopic (exact) mass is 723 g/mol. The van der Waals surface area contributed by atoms with E-state index in [0.717, 1.165) is 70.6 Å². The minimum Gasteiger partial charge on any atom is -0.455 e. The van der Waals surface area contributed by atoms with Crippen molar-refractivity contribution < 1.29 is 34.7 Å². The number of rotatable bonds is 35. The molecular weight excluding hydrogens is 640 g/mol. The minimum absolute atomic E-state index is 0.165. The fourth-order valence-corrected chi connectivity index (χ4v) is 7.99. The molecule has 7 heteroatoms. The van der Waals surface area contributed by atoms with Gasteiger partial charge in [0, 0.05) is 0 Å². The average molecular weight is 723 g/mol. The summed E-state index contributed by atoms with van der Waals surface area (Å²) in [4.78, 5) is 11.7. The molecule has 0 aromatic rings. The van der Waals surface area contributed by atoms with E-state index in [4.69, 9.17) is 9.47 Å². The molecule has 0 aliphatic carbocycles. The molecule has 0 bridgehead atoms. The van der Waals surface area contributed by atoms with Crippen molar-refractivity contribution in [1.82, 2.24) is 0 Å². The molecule has 51 heavy (non-hydrogen) atoms. The second-order valence-electron chi connectivity index (χ2n) is 16.3. The standard InChI is InChI=1S/C44H82O7/c1-3-4-5-6-7-8-9-10-11-12-13-14-15-16-21-24-27-30-40(47)42-33-34-43(51-42)41(48)32-31-37(45)28-25-22-19-17-18-20-23-26-29-39(46)38-35-36(2)50-44(38)49/h35-37,39-43,45-48H,3-34H2,1-2H3. The Morgan fingerprint density at radius 1 is 0.549 bits per heavy atom. The molecule has 2 aliphatic heterocycles. The van der Waals surface area contributed by atoms with Crippen LogP contribution in [0.25, 0.3) is 0 Å². The maximum atomic E-state index is 11.7. The van der Waals surface area contributed by atoms with Crippen LogP contribution in [0, 0.1) is 0 Å². The summed E-state index contributed by atoms with van der Waals surface area (Å²) < 4.78 is 11.2. The average Bonchev–Trinajstić information content (AvgIpc) is 3.75. The van der Waals surface area contributed by atoms with Gasteiger partial charge in [0.05, 0.1) is 42.2 Å². The van der Waals surface area contributed by atoms with Crippen LogP contribution in [0.3, 0.4) is 0 Å². The zero-order valence-corrected chi connectivity index (χ0v) is 33.3. The van der Waals surface area contributed by atoms with Crippen LogP contribution in [0.5, 0.6) is 0 Å². The summed E-state index contributed by atoms with van der Waals surface area (Å²) in [5.41, 5.74) is 0.417. The second-order valence-corrected chi connectivity index (χ2v) is 16.3. The summed E-state index contributed by atoms with van der Waals surface area (Å²) >= 11 is 0. The number of aliphatic hydroxyl groups excluding tert-OH is 4. The highest BCUT2D eigenvalue weighted by atomic mass is 16.5. The molecule has 0 radical (unpaired) electrons. The molecule has 0 saturated carbocycles. The molecule has 7 unspecified atom stereocenters. The van der Waals surface area contributed by atoms with E-state index in [-0.39, 0.29) is 30.4 Å². The zero-order valence-electron chi connectivity index (χ0n) is 33.3. The predicted octanol–water partition coefficient (Wildman–Crippen LogP) is 10.6. The highest BCUT2D eigenvalue weighted by Crippen LogP contribution is 2.29. The van der Waals surface area contributed by atoms with Crippen molar-refractivity contribution in [2.75, 3.05) is 0 Å². The van der Waals surface area contributed by atoms with Gasteiger partial charge in [-0.2, -0.15) is 0 Å². The van der Waals surface area contributed by atoms with Crippen molar-refractivity contribution in [3.63, 3.8) is 0 Å². The van der Waals surface area contributed by atoms with Crippen molar-refractivity contribution in [3.8, 4) is 0 Å². The van der Waals surface area contributed by atoms with E-state index in [1.54, 1.807) is 13.0 Å². The minimum atomic E-state index is -0.710. The summed E-state index contributed by atoms with van der Waals surface area (Å²) in [6.07, 6.45) is 35.6. The van der Waals surface area contributed by atoms with Gasteiger partial charge in [0.15, 0.2) is 0 Å². The number of hydrogen-bond acceptors (Lipinski definition) is 7. The van der Waals surface area contributed by atoms with Gasteiger partial charge in [-0.1, -0.05) is 167 Å². The fraction of sp³-hybridized carbons (Fsp3) is 0.932. The summed E-state index contributed by atoms with van der Waals surface area (Å²) in [6.45, 7) is 4.09. The third kappa shape index (κ3) is 22.7. The SMILES string of the molecule is CCCCCCCCCCCCCCCCCCCC(O)C1CCC(C(O)CCC(O)CCCCCCCCCCC(O)C2=CC(C)OC2=O)O1. The van der Waals surface area contributed by atoms with Gasteiger partial charge in [0.1, 0.15) is 6.10 Å². The van der Waals surface area contributed by atoms with Crippen LogP contribution in [-0.2, 0) is 14.3 Å². The van der Waals surface area contributed by atoms with Crippen molar-refractivity contribution in [2.45, 2.75) is 262 Å². The molecule has 0 aromatic heterocycles. The summed E-state index contributed by atoms with van der Waals surface area (Å²) in [5, 5.41) is 42.1. The lowest BCUT2D eigenvalue weighted by Gasteiger charge is -2.23. The molecular formula is C44H82O7. The molecule has 0 aromatic carbocycles. The zero-order chi connectivity index (χ0) is 36.9. The number of unbranched alkanes of at least 4 members (excludes halogenated alkanes) is 23. The van der Waals surface area contributed by atoms with Gasteiger partial charge in [-0.3, -0.25) is 0 Å². The molecule has 0 amide bonds. The Kier molecular flexibility index (Phi) is 27.5. The van der Waals surface area contributed by atoms with Crippen LogP contribution < -0.4 is 0 Å². The third-order valence-corrected chi connectivity index (χ3v) is 11.4. The van der Waals surface area contributed by atoms with E-state index in [0.29, 0.717) is 24.8 Å². The Bertz CT molecular complexity index is 862. The predicted molar refractivity (Wildman–Crippen MR) is 210 cm³/mol. The largest absolute Gasteiger partial charge is 0.455 e. The Balaban J connectivity index is 1.34. The van der Waals surface area contributed by atoms with E-state index in [1.807, 2.05) is 0 Å². The lowest BCUT2D eigenvalue weighted by molar-refractivity contribution is -0.139. The molecule has 7 atom stereocenters. The smallest absolute Gasteiger partial charge is 0.337 e. The number of ether oxygens (including phenoxy) is 2. The second kappa shape index (κ2) is 30.3. The highest BCUT2D eigenvalue weighted by Gasteiger charge is 2.34. The van der Waals surface area contributed by atoms with Crippen molar-refractivity contribution in [1.29, 1.82) is 0 Å². The summed E-state index contributed by atoms with van der Waals surface area (Å²) in [7, 11) is 0. The molecule has 2 aliphatic rings. The van der Waals surface area contributed by atoms with E-state index in [9.17, 15) is 25.2 Å². The Morgan fingerprint density at radius 2 is 0.941 bits per heavy atom. The summed E-state index contributed by atoms with van der Waals surface area (Å²) in [5.74, 6) is -0.380. The quantitative estimate of drug-likeness (QED) is 0.0380. The van der Waals surface area contributed by atoms with Gasteiger partial charge in [-0.05, 0) is 57.9 Å². The fourth-order valence-electron chi connectivity index (χ4n) is 7.99. The van der Waals surface area contributed by atoms with Gasteiger partial charge in [-0.25, -0.2) is 4.79 Å². The number of carbonyl (C=O) groups is 1. The summed E-state index contributed by atoms with van der Waals surface area (Å²) in [6, 6.07) is 0. The van der Waals surface area contributed by atoms with Crippen LogP contribution in [0.4, 0.5) is 0 Å². The first-order chi connectivity index (χ1) is 24.8. The first-order valence-corrected chi connectivity index (χ1v) is 22.1. The van der Waals surface area contributed by atoms with Crippen LogP contribution in [0.2, 0.25) is 0 Å². The van der Waals surface area contributed by atoms with Gasteiger partial charge in [-0.15, -0.1) is 0 Å². The molecule has 2 heterocycles. The normalized spacial score (nSPS) is 21.5. The van der Waals surface area contributed by atoms with E-state index >= 15 is 0 Å². The lowest BCUT2D eigenvalue weighted by Crippen LogP contribution is -2.31. The van der Waals surface area contributed by atoms with E-state index in [1.165, 1.54) is 116 Å². The van der Waals surface area contributed by atoms with Crippen molar-refractivity contribution in [3.05, 3.63) is 11.6 Å². The maximum Gasteiger partial charge on any atom is 0.337 e. The van der Waals surface area contributed by atoms with Gasteiger partial charge in [0.25, 0.3) is 0 Å². The van der Waals surface area contributed by atoms with Crippen molar-refractivity contribution >= 4 is 5.97 Å². The van der Waals surface area contributed by atoms with Gasteiger partial charge >= 0.3 is 5.97 Å². The molecule has 4 N–H and O–H groups in total. The third-order valence-electron chi connectivity index (χ3n) is 11.4. The maximum absolute atomic E-state index is 11.7. The number of esters is 1. The lowest BCUT2D eigenvalue weighted by atomic mass is 9.99. The first-order valence-electron chi connectivity index (χ1n) is 22.1. The van der Waals surface area contributed by atoms with Crippen LogP contribution in [0.15, 0.2) is 11.6 Å². The molecule has 7 nitrogen and oxygen atoms in total. The Labute approximate surface area is 313 Å². The molecule has 1 saturated heterocycles. The molecule has 1 fully saturated rings. The number of hydrogen-bond donors (Lipinski definition) is 4. The first kappa shape index (κ1) is 46.2. The topological polar surface area (TPSA) is 116 Å². The van der Waals surface area contributed by atoms with E-state index < -0.39 is 18.3 Å². The van der Waals surface area contributed by atoms with Crippen LogP contribution in [-0.4, -0.2) is 69.1 Å². The Morgan fingerprint density at radius 3 is 1.37 bits per heavy atom. The molecule has 300 valence electrons. The van der Waals surface area contributed by atoms with Crippen molar-refractivity contribution in [2.24, 2.45) is 0 Å². The highest BCUT2D eigenvalue weighted by molar-refractivity contribution is 5.91. The number of cyclic esters (lactones) is 1.